The first-order chi connectivity index (χ1) is 7.99. The highest BCUT2D eigenvalue weighted by Gasteiger charge is 2.16. The number of halogens is 2. The fourth-order valence-electron chi connectivity index (χ4n) is 1.44. The molecule has 0 aliphatic rings. The smallest absolute Gasteiger partial charge is 0.358 e. The van der Waals surface area contributed by atoms with Gasteiger partial charge in [-0.15, -0.1) is 0 Å². The number of imidazole rings is 1. The summed E-state index contributed by atoms with van der Waals surface area (Å²) in [5.41, 5.74) is 0.678. The van der Waals surface area contributed by atoms with Crippen molar-refractivity contribution in [3.8, 4) is 5.69 Å². The predicted octanol–water partition coefficient (Wildman–Crippen LogP) is 3.40. The first-order valence-corrected chi connectivity index (χ1v) is 5.40. The second-order valence-corrected chi connectivity index (χ2v) is 4.19. The van der Waals surface area contributed by atoms with Gasteiger partial charge in [-0.3, -0.25) is 4.57 Å². The molecule has 0 bridgehead atoms. The molecule has 0 radical (unpaired) electrons. The maximum absolute atomic E-state index is 10.6. The first kappa shape index (κ1) is 11.9. The Balaban J connectivity index is 2.52. The molecule has 7 heteroatoms. The Hall–Kier alpha value is -1.59. The molecule has 0 aliphatic heterocycles. The van der Waals surface area contributed by atoms with Crippen molar-refractivity contribution in [2.75, 3.05) is 0 Å². The summed E-state index contributed by atoms with van der Waals surface area (Å²) in [6.45, 7) is 1.68. The summed E-state index contributed by atoms with van der Waals surface area (Å²) in [7, 11) is 0. The Morgan fingerprint density at radius 2 is 2.06 bits per heavy atom. The van der Waals surface area contributed by atoms with Crippen molar-refractivity contribution in [3.05, 3.63) is 50.4 Å². The van der Waals surface area contributed by atoms with E-state index in [4.69, 9.17) is 23.2 Å². The molecular formula is C10H7Cl2N3O2. The molecule has 2 rings (SSSR count). The fraction of sp³-hybridized carbons (Fsp3) is 0.100. The average Bonchev–Trinajstić information content (AvgIpc) is 2.65. The van der Waals surface area contributed by atoms with Gasteiger partial charge in [0.2, 0.25) is 5.82 Å². The van der Waals surface area contributed by atoms with E-state index < -0.39 is 4.92 Å². The predicted molar refractivity (Wildman–Crippen MR) is 65.0 cm³/mol. The largest absolute Gasteiger partial charge is 0.382 e. The topological polar surface area (TPSA) is 61.0 Å². The summed E-state index contributed by atoms with van der Waals surface area (Å²) in [6, 6.07) is 4.97. The van der Waals surface area contributed by atoms with E-state index in [9.17, 15) is 10.1 Å². The van der Waals surface area contributed by atoms with Crippen LogP contribution in [0.25, 0.3) is 5.69 Å². The van der Waals surface area contributed by atoms with Crippen LogP contribution in [0.5, 0.6) is 0 Å². The third-order valence-corrected chi connectivity index (χ3v) is 2.98. The number of hydrogen-bond acceptors (Lipinski definition) is 3. The van der Waals surface area contributed by atoms with Gasteiger partial charge in [-0.05, 0) is 28.1 Å². The van der Waals surface area contributed by atoms with Crippen molar-refractivity contribution in [3.63, 3.8) is 0 Å². The molecule has 0 saturated heterocycles. The standard InChI is InChI=1S/C10H7Cl2N3O2/c1-6-13-10(15(16)17)5-14(6)7-2-3-8(11)9(12)4-7/h2-5H,1H3. The van der Waals surface area contributed by atoms with E-state index >= 15 is 0 Å². The molecule has 2 aromatic rings. The molecule has 0 unspecified atom stereocenters. The molecule has 0 amide bonds. The van der Waals surface area contributed by atoms with Crippen LogP contribution in [0.15, 0.2) is 24.4 Å². The zero-order valence-corrected chi connectivity index (χ0v) is 10.2. The lowest BCUT2D eigenvalue weighted by Gasteiger charge is -2.03. The number of aromatic nitrogens is 2. The van der Waals surface area contributed by atoms with E-state index in [0.29, 0.717) is 21.6 Å². The van der Waals surface area contributed by atoms with Crippen molar-refractivity contribution in [1.82, 2.24) is 9.55 Å². The number of benzene rings is 1. The number of aryl methyl sites for hydroxylation is 1. The maximum atomic E-state index is 10.6. The van der Waals surface area contributed by atoms with Crippen molar-refractivity contribution in [1.29, 1.82) is 0 Å². The van der Waals surface area contributed by atoms with Gasteiger partial charge in [0.25, 0.3) is 0 Å². The van der Waals surface area contributed by atoms with Gasteiger partial charge in [0, 0.05) is 6.92 Å². The summed E-state index contributed by atoms with van der Waals surface area (Å²) < 4.78 is 1.58. The van der Waals surface area contributed by atoms with Crippen LogP contribution in [0, 0.1) is 17.0 Å². The Bertz CT molecular complexity index is 595. The van der Waals surface area contributed by atoms with Crippen molar-refractivity contribution < 1.29 is 4.92 Å². The highest BCUT2D eigenvalue weighted by molar-refractivity contribution is 6.42. The second-order valence-electron chi connectivity index (χ2n) is 3.37. The molecule has 1 aromatic heterocycles. The molecule has 1 heterocycles. The highest BCUT2D eigenvalue weighted by atomic mass is 35.5. The summed E-state index contributed by atoms with van der Waals surface area (Å²) in [4.78, 5) is 13.9. The van der Waals surface area contributed by atoms with Crippen LogP contribution < -0.4 is 0 Å². The van der Waals surface area contributed by atoms with Gasteiger partial charge >= 0.3 is 5.82 Å². The normalized spacial score (nSPS) is 10.5. The van der Waals surface area contributed by atoms with Gasteiger partial charge < -0.3 is 10.1 Å². The molecule has 0 N–H and O–H groups in total. The lowest BCUT2D eigenvalue weighted by molar-refractivity contribution is -0.389. The SMILES string of the molecule is Cc1nc([N+](=O)[O-])cn1-c1ccc(Cl)c(Cl)c1. The molecule has 88 valence electrons. The third kappa shape index (κ3) is 2.25. The lowest BCUT2D eigenvalue weighted by Crippen LogP contribution is -1.94. The third-order valence-electron chi connectivity index (χ3n) is 2.24. The van der Waals surface area contributed by atoms with Gasteiger partial charge in [0.05, 0.1) is 15.7 Å². The molecule has 17 heavy (non-hydrogen) atoms. The maximum Gasteiger partial charge on any atom is 0.382 e. The molecule has 0 aliphatic carbocycles. The van der Waals surface area contributed by atoms with E-state index in [0.717, 1.165) is 0 Å². The van der Waals surface area contributed by atoms with Crippen LogP contribution in [0.3, 0.4) is 0 Å². The minimum absolute atomic E-state index is 0.200. The van der Waals surface area contributed by atoms with Crippen molar-refractivity contribution in [2.45, 2.75) is 6.92 Å². The molecular weight excluding hydrogens is 265 g/mol. The number of rotatable bonds is 2. The highest BCUT2D eigenvalue weighted by Crippen LogP contribution is 2.25. The van der Waals surface area contributed by atoms with Crippen LogP contribution in [0.4, 0.5) is 5.82 Å². The van der Waals surface area contributed by atoms with Crippen LogP contribution in [-0.2, 0) is 0 Å². The fourth-order valence-corrected chi connectivity index (χ4v) is 1.73. The molecule has 0 atom stereocenters. The molecule has 1 aromatic carbocycles. The van der Waals surface area contributed by atoms with Crippen LogP contribution in [0.1, 0.15) is 5.82 Å². The van der Waals surface area contributed by atoms with Gasteiger partial charge in [-0.25, -0.2) is 0 Å². The summed E-state index contributed by atoms with van der Waals surface area (Å²) >= 11 is 11.7. The monoisotopic (exact) mass is 271 g/mol. The van der Waals surface area contributed by atoms with E-state index in [1.807, 2.05) is 0 Å². The van der Waals surface area contributed by atoms with Crippen LogP contribution in [-0.4, -0.2) is 14.5 Å². The average molecular weight is 272 g/mol. The van der Waals surface area contributed by atoms with E-state index in [1.165, 1.54) is 6.20 Å². The van der Waals surface area contributed by atoms with E-state index in [-0.39, 0.29) is 5.82 Å². The quantitative estimate of drug-likeness (QED) is 0.621. The van der Waals surface area contributed by atoms with Gasteiger partial charge in [0.15, 0.2) is 0 Å². The minimum atomic E-state index is -0.541. The Labute approximate surface area is 107 Å². The van der Waals surface area contributed by atoms with Crippen molar-refractivity contribution >= 4 is 29.0 Å². The second kappa shape index (κ2) is 4.35. The summed E-state index contributed by atoms with van der Waals surface area (Å²) in [5.74, 6) is 0.309. The van der Waals surface area contributed by atoms with Crippen LogP contribution >= 0.6 is 23.2 Å². The zero-order chi connectivity index (χ0) is 12.6. The lowest BCUT2D eigenvalue weighted by atomic mass is 10.3. The van der Waals surface area contributed by atoms with Gasteiger partial charge in [0.1, 0.15) is 6.20 Å². The van der Waals surface area contributed by atoms with E-state index in [1.54, 1.807) is 29.7 Å². The molecule has 0 saturated carbocycles. The number of nitrogens with zero attached hydrogens (tertiary/aromatic N) is 3. The molecule has 0 spiro atoms. The molecule has 0 fully saturated rings. The number of nitro groups is 1. The van der Waals surface area contributed by atoms with Crippen molar-refractivity contribution in [2.24, 2.45) is 0 Å². The first-order valence-electron chi connectivity index (χ1n) is 4.65. The van der Waals surface area contributed by atoms with Gasteiger partial charge in [-0.1, -0.05) is 23.2 Å². The Morgan fingerprint density at radius 1 is 1.35 bits per heavy atom. The molecule has 5 nitrogen and oxygen atoms in total. The Kier molecular flexibility index (Phi) is 3.04. The summed E-state index contributed by atoms with van der Waals surface area (Å²) in [5, 5.41) is 11.4. The van der Waals surface area contributed by atoms with E-state index in [2.05, 4.69) is 4.98 Å². The number of hydrogen-bond donors (Lipinski definition) is 0. The zero-order valence-electron chi connectivity index (χ0n) is 8.72. The van der Waals surface area contributed by atoms with Crippen LogP contribution in [0.2, 0.25) is 10.0 Å². The Morgan fingerprint density at radius 3 is 2.59 bits per heavy atom. The summed E-state index contributed by atoms with van der Waals surface area (Å²) in [6.07, 6.45) is 1.34. The van der Waals surface area contributed by atoms with Gasteiger partial charge in [-0.2, -0.15) is 0 Å². The minimum Gasteiger partial charge on any atom is -0.358 e.